The number of hydrogen-bond acceptors (Lipinski definition) is 6. The molecule has 0 unspecified atom stereocenters. The van der Waals surface area contributed by atoms with Gasteiger partial charge in [-0.2, -0.15) is 11.3 Å². The molecule has 3 aromatic heterocycles. The summed E-state index contributed by atoms with van der Waals surface area (Å²) in [6, 6.07) is 11.4. The van der Waals surface area contributed by atoms with E-state index in [1.54, 1.807) is 41.9 Å². The van der Waals surface area contributed by atoms with Gasteiger partial charge < -0.3 is 15.5 Å². The van der Waals surface area contributed by atoms with E-state index in [2.05, 4.69) is 38.6 Å². The SMILES string of the molecule is C[C@H](CCc1ncccc1C(N)=O)N1CCC(N(Cc2ccsc2)C(=O)Nc2ccccn2)CC1. The monoisotopic (exact) mass is 492 g/mol. The number of urea groups is 1. The van der Waals surface area contributed by atoms with Crippen LogP contribution in [0.4, 0.5) is 10.6 Å². The Bertz CT molecular complexity index is 1100. The maximum absolute atomic E-state index is 13.2. The molecule has 1 atom stereocenters. The second-order valence-corrected chi connectivity index (χ2v) is 9.70. The second-order valence-electron chi connectivity index (χ2n) is 8.92. The Morgan fingerprint density at radius 2 is 1.97 bits per heavy atom. The van der Waals surface area contributed by atoms with Gasteiger partial charge in [0, 0.05) is 44.1 Å². The summed E-state index contributed by atoms with van der Waals surface area (Å²) in [5.41, 5.74) is 7.90. The molecule has 0 bridgehead atoms. The third-order valence-corrected chi connectivity index (χ3v) is 7.34. The number of primary amides is 1. The van der Waals surface area contributed by atoms with E-state index in [9.17, 15) is 9.59 Å². The molecule has 0 aromatic carbocycles. The number of nitrogens with two attached hydrogens (primary N) is 1. The lowest BCUT2D eigenvalue weighted by molar-refractivity contribution is 0.0980. The van der Waals surface area contributed by atoms with E-state index in [1.165, 1.54) is 0 Å². The number of thiophene rings is 1. The number of pyridine rings is 2. The fourth-order valence-electron chi connectivity index (χ4n) is 4.59. The largest absolute Gasteiger partial charge is 0.366 e. The van der Waals surface area contributed by atoms with Crippen molar-refractivity contribution >= 4 is 29.1 Å². The van der Waals surface area contributed by atoms with Crippen molar-refractivity contribution in [3.63, 3.8) is 0 Å². The van der Waals surface area contributed by atoms with Crippen LogP contribution >= 0.6 is 11.3 Å². The predicted molar refractivity (Wildman–Crippen MR) is 138 cm³/mol. The third kappa shape index (κ3) is 6.64. The van der Waals surface area contributed by atoms with Crippen molar-refractivity contribution < 1.29 is 9.59 Å². The molecule has 3 amide bonds. The Hall–Kier alpha value is -3.30. The number of nitrogens with one attached hydrogen (secondary N) is 1. The summed E-state index contributed by atoms with van der Waals surface area (Å²) in [4.78, 5) is 37.9. The summed E-state index contributed by atoms with van der Waals surface area (Å²) in [7, 11) is 0. The molecular weight excluding hydrogens is 460 g/mol. The maximum Gasteiger partial charge on any atom is 0.323 e. The summed E-state index contributed by atoms with van der Waals surface area (Å²) in [6.45, 7) is 4.61. The summed E-state index contributed by atoms with van der Waals surface area (Å²) >= 11 is 1.64. The van der Waals surface area contributed by atoms with Gasteiger partial charge in [-0.15, -0.1) is 0 Å². The van der Waals surface area contributed by atoms with Gasteiger partial charge in [-0.25, -0.2) is 9.78 Å². The van der Waals surface area contributed by atoms with Crippen LogP contribution in [0.3, 0.4) is 0 Å². The molecule has 1 aliphatic heterocycles. The molecule has 1 aliphatic rings. The van der Waals surface area contributed by atoms with E-state index in [4.69, 9.17) is 5.73 Å². The first kappa shape index (κ1) is 24.8. The lowest BCUT2D eigenvalue weighted by atomic mass is 9.99. The van der Waals surface area contributed by atoms with Crippen molar-refractivity contribution in [1.82, 2.24) is 19.8 Å². The number of rotatable bonds is 9. The molecular formula is C26H32N6O2S. The van der Waals surface area contributed by atoms with Gasteiger partial charge in [-0.1, -0.05) is 6.07 Å². The molecule has 1 fully saturated rings. The van der Waals surface area contributed by atoms with Crippen LogP contribution in [-0.2, 0) is 13.0 Å². The van der Waals surface area contributed by atoms with Crippen molar-refractivity contribution in [2.45, 2.75) is 51.2 Å². The standard InChI is InChI=1S/C26H32N6O2S/c1-19(7-8-23-22(25(27)33)5-4-13-28-23)31-14-9-21(10-15-31)32(17-20-11-16-35-18-20)26(34)30-24-6-2-3-12-29-24/h2-6,11-13,16,18-19,21H,7-10,14-15,17H2,1H3,(H2,27,33)(H,29,30,34)/t19-/m1/s1. The van der Waals surface area contributed by atoms with Crippen LogP contribution < -0.4 is 11.1 Å². The van der Waals surface area contributed by atoms with Gasteiger partial charge in [0.2, 0.25) is 0 Å². The van der Waals surface area contributed by atoms with Gasteiger partial charge in [-0.05, 0) is 79.3 Å². The molecule has 35 heavy (non-hydrogen) atoms. The van der Waals surface area contributed by atoms with E-state index in [0.29, 0.717) is 30.4 Å². The fourth-order valence-corrected chi connectivity index (χ4v) is 5.25. The van der Waals surface area contributed by atoms with E-state index < -0.39 is 5.91 Å². The fraction of sp³-hybridized carbons (Fsp3) is 0.385. The van der Waals surface area contributed by atoms with Crippen molar-refractivity contribution in [1.29, 1.82) is 0 Å². The number of aryl methyl sites for hydroxylation is 1. The van der Waals surface area contributed by atoms with Crippen LogP contribution in [0.25, 0.3) is 0 Å². The highest BCUT2D eigenvalue weighted by Gasteiger charge is 2.30. The van der Waals surface area contributed by atoms with Crippen LogP contribution in [0.1, 0.15) is 47.8 Å². The average molecular weight is 493 g/mol. The Morgan fingerprint density at radius 3 is 2.66 bits per heavy atom. The molecule has 1 saturated heterocycles. The van der Waals surface area contributed by atoms with Crippen molar-refractivity contribution in [3.8, 4) is 0 Å². The smallest absolute Gasteiger partial charge is 0.323 e. The Kier molecular flexibility index (Phi) is 8.44. The van der Waals surface area contributed by atoms with Gasteiger partial charge >= 0.3 is 6.03 Å². The van der Waals surface area contributed by atoms with Crippen LogP contribution in [0.5, 0.6) is 0 Å². The number of carbonyl (C=O) groups is 2. The molecule has 4 heterocycles. The number of nitrogens with zero attached hydrogens (tertiary/aromatic N) is 4. The molecule has 9 heteroatoms. The zero-order valence-corrected chi connectivity index (χ0v) is 20.8. The molecule has 184 valence electrons. The second kappa shape index (κ2) is 11.9. The summed E-state index contributed by atoms with van der Waals surface area (Å²) in [5, 5.41) is 7.09. The number of likely N-dealkylation sites (tertiary alicyclic amines) is 1. The highest BCUT2D eigenvalue weighted by atomic mass is 32.1. The third-order valence-electron chi connectivity index (χ3n) is 6.61. The molecule has 3 N–H and O–H groups in total. The lowest BCUT2D eigenvalue weighted by Crippen LogP contribution is -2.50. The van der Waals surface area contributed by atoms with Gasteiger partial charge in [0.1, 0.15) is 5.82 Å². The predicted octanol–water partition coefficient (Wildman–Crippen LogP) is 4.16. The molecule has 3 aromatic rings. The number of piperidine rings is 1. The van der Waals surface area contributed by atoms with Gasteiger partial charge in [0.05, 0.1) is 11.3 Å². The topological polar surface area (TPSA) is 104 Å². The maximum atomic E-state index is 13.2. The van der Waals surface area contributed by atoms with Crippen LogP contribution in [0.2, 0.25) is 0 Å². The summed E-state index contributed by atoms with van der Waals surface area (Å²) < 4.78 is 0. The summed E-state index contributed by atoms with van der Waals surface area (Å²) in [6.07, 6.45) is 6.78. The first-order valence-corrected chi connectivity index (χ1v) is 12.9. The Labute approximate surface area is 210 Å². The zero-order chi connectivity index (χ0) is 24.6. The Balaban J connectivity index is 1.35. The van der Waals surface area contributed by atoms with Gasteiger partial charge in [0.25, 0.3) is 5.91 Å². The van der Waals surface area contributed by atoms with Crippen LogP contribution in [0.15, 0.2) is 59.6 Å². The van der Waals surface area contributed by atoms with Gasteiger partial charge in [0.15, 0.2) is 0 Å². The summed E-state index contributed by atoms with van der Waals surface area (Å²) in [5.74, 6) is 0.125. The number of anilines is 1. The number of amides is 3. The highest BCUT2D eigenvalue weighted by Crippen LogP contribution is 2.23. The molecule has 0 radical (unpaired) electrons. The van der Waals surface area contributed by atoms with E-state index >= 15 is 0 Å². The number of hydrogen-bond donors (Lipinski definition) is 2. The molecule has 8 nitrogen and oxygen atoms in total. The first-order chi connectivity index (χ1) is 17.0. The van der Waals surface area contributed by atoms with Gasteiger partial charge in [-0.3, -0.25) is 15.1 Å². The van der Waals surface area contributed by atoms with Crippen LogP contribution in [-0.4, -0.2) is 56.9 Å². The number of carbonyl (C=O) groups excluding carboxylic acids is 2. The molecule has 0 saturated carbocycles. The minimum Gasteiger partial charge on any atom is -0.366 e. The minimum absolute atomic E-state index is 0.115. The first-order valence-electron chi connectivity index (χ1n) is 12.0. The average Bonchev–Trinajstić information content (AvgIpc) is 3.40. The van der Waals surface area contributed by atoms with E-state index in [0.717, 1.165) is 43.6 Å². The Morgan fingerprint density at radius 1 is 1.17 bits per heavy atom. The van der Waals surface area contributed by atoms with E-state index in [1.807, 2.05) is 22.4 Å². The van der Waals surface area contributed by atoms with Crippen LogP contribution in [0, 0.1) is 0 Å². The highest BCUT2D eigenvalue weighted by molar-refractivity contribution is 7.07. The van der Waals surface area contributed by atoms with Crippen molar-refractivity contribution in [2.75, 3.05) is 18.4 Å². The lowest BCUT2D eigenvalue weighted by Gasteiger charge is -2.40. The minimum atomic E-state index is -0.434. The number of aromatic nitrogens is 2. The van der Waals surface area contributed by atoms with E-state index in [-0.39, 0.29) is 12.1 Å². The normalized spacial score (nSPS) is 15.5. The van der Waals surface area contributed by atoms with Crippen molar-refractivity contribution in [2.24, 2.45) is 5.73 Å². The van der Waals surface area contributed by atoms with Crippen molar-refractivity contribution in [3.05, 3.63) is 76.4 Å². The quantitative estimate of drug-likeness (QED) is 0.467. The molecule has 0 aliphatic carbocycles. The molecule has 4 rings (SSSR count). The zero-order valence-electron chi connectivity index (χ0n) is 20.0. The molecule has 0 spiro atoms.